The number of methoxy groups -OCH3 is 1. The molecular formula is C18H19N3O3S. The fourth-order valence-electron chi connectivity index (χ4n) is 2.82. The number of benzene rings is 1. The molecule has 3 aromatic rings. The second-order valence-electron chi connectivity index (χ2n) is 5.76. The average Bonchev–Trinajstić information content (AvgIpc) is 3.16. The van der Waals surface area contributed by atoms with Crippen molar-refractivity contribution in [1.82, 2.24) is 15.3 Å². The summed E-state index contributed by atoms with van der Waals surface area (Å²) in [4.78, 5) is 32.7. The van der Waals surface area contributed by atoms with E-state index in [4.69, 9.17) is 4.74 Å². The van der Waals surface area contributed by atoms with Crippen molar-refractivity contribution >= 4 is 34.1 Å². The van der Waals surface area contributed by atoms with Crippen LogP contribution < -0.4 is 5.32 Å². The monoisotopic (exact) mass is 357 g/mol. The summed E-state index contributed by atoms with van der Waals surface area (Å²) in [5, 5.41) is 4.62. The van der Waals surface area contributed by atoms with Crippen LogP contribution in [-0.4, -0.2) is 35.0 Å². The summed E-state index contributed by atoms with van der Waals surface area (Å²) < 4.78 is 4.87. The van der Waals surface area contributed by atoms with Crippen LogP contribution in [0.15, 0.2) is 30.5 Å². The van der Waals surface area contributed by atoms with Crippen LogP contribution in [0.5, 0.6) is 0 Å². The third-order valence-corrected chi connectivity index (χ3v) is 5.07. The molecule has 2 aromatic heterocycles. The number of aromatic amines is 1. The largest absolute Gasteiger partial charge is 0.467 e. The van der Waals surface area contributed by atoms with Crippen molar-refractivity contribution in [2.45, 2.75) is 26.3 Å². The van der Waals surface area contributed by atoms with Crippen molar-refractivity contribution in [3.05, 3.63) is 51.6 Å². The maximum absolute atomic E-state index is 12.5. The summed E-state index contributed by atoms with van der Waals surface area (Å²) in [5.74, 6) is -0.782. The van der Waals surface area contributed by atoms with Gasteiger partial charge in [-0.05, 0) is 25.5 Å². The van der Waals surface area contributed by atoms with Gasteiger partial charge in [-0.1, -0.05) is 18.2 Å². The van der Waals surface area contributed by atoms with Crippen LogP contribution in [-0.2, 0) is 16.0 Å². The molecule has 1 atom stereocenters. The highest BCUT2D eigenvalue weighted by molar-refractivity contribution is 7.13. The number of hydrogen-bond donors (Lipinski definition) is 2. The fourth-order valence-corrected chi connectivity index (χ4v) is 3.64. The van der Waals surface area contributed by atoms with E-state index in [-0.39, 0.29) is 5.91 Å². The van der Waals surface area contributed by atoms with Gasteiger partial charge in [0.15, 0.2) is 0 Å². The molecule has 0 spiro atoms. The van der Waals surface area contributed by atoms with Crippen LogP contribution in [0.4, 0.5) is 0 Å². The van der Waals surface area contributed by atoms with Crippen LogP contribution in [0.3, 0.4) is 0 Å². The minimum atomic E-state index is -0.765. The molecule has 2 heterocycles. The zero-order valence-corrected chi connectivity index (χ0v) is 15.1. The highest BCUT2D eigenvalue weighted by Crippen LogP contribution is 2.21. The van der Waals surface area contributed by atoms with Crippen molar-refractivity contribution in [1.29, 1.82) is 0 Å². The highest BCUT2D eigenvalue weighted by Gasteiger charge is 2.25. The number of ether oxygens (including phenoxy) is 1. The first kappa shape index (κ1) is 17.2. The quantitative estimate of drug-likeness (QED) is 0.688. The molecule has 3 rings (SSSR count). The smallest absolute Gasteiger partial charge is 0.328 e. The fraction of sp³-hybridized carbons (Fsp3) is 0.278. The number of nitrogens with zero attached hydrogens (tertiary/aromatic N) is 1. The van der Waals surface area contributed by atoms with E-state index in [2.05, 4.69) is 15.3 Å². The Hall–Kier alpha value is -2.67. The maximum atomic E-state index is 12.5. The molecule has 0 aliphatic carbocycles. The molecule has 0 saturated heterocycles. The Morgan fingerprint density at radius 1 is 1.32 bits per heavy atom. The lowest BCUT2D eigenvalue weighted by Gasteiger charge is -2.16. The first-order valence-electron chi connectivity index (χ1n) is 7.87. The third kappa shape index (κ3) is 3.56. The molecule has 0 aliphatic rings. The molecule has 7 heteroatoms. The molecule has 0 radical (unpaired) electrons. The first-order chi connectivity index (χ1) is 12.0. The van der Waals surface area contributed by atoms with E-state index in [1.54, 1.807) is 6.92 Å². The van der Waals surface area contributed by atoms with E-state index in [0.717, 1.165) is 21.5 Å². The van der Waals surface area contributed by atoms with E-state index in [1.165, 1.54) is 18.4 Å². The standard InChI is InChI=1S/C18H19N3O3S/c1-10-16(25-11(2)20-10)17(22)21-15(18(23)24-3)8-12-9-19-14-7-5-4-6-13(12)14/h4-7,9,15,19H,8H2,1-3H3,(H,21,22)/t15-/m1/s1. The lowest BCUT2D eigenvalue weighted by Crippen LogP contribution is -2.43. The molecule has 2 N–H and O–H groups in total. The number of hydrogen-bond acceptors (Lipinski definition) is 5. The molecule has 1 amide bonds. The number of thiazole rings is 1. The summed E-state index contributed by atoms with van der Waals surface area (Å²) in [7, 11) is 1.32. The number of rotatable bonds is 5. The van der Waals surface area contributed by atoms with Crippen LogP contribution in [0.1, 0.15) is 25.9 Å². The maximum Gasteiger partial charge on any atom is 0.328 e. The third-order valence-electron chi connectivity index (χ3n) is 4.00. The zero-order chi connectivity index (χ0) is 18.0. The van der Waals surface area contributed by atoms with E-state index in [9.17, 15) is 9.59 Å². The number of amides is 1. The number of H-pyrrole nitrogens is 1. The Kier molecular flexibility index (Phi) is 4.85. The summed E-state index contributed by atoms with van der Waals surface area (Å²) in [6.45, 7) is 3.63. The Bertz CT molecular complexity index is 929. The van der Waals surface area contributed by atoms with Crippen molar-refractivity contribution in [2.24, 2.45) is 0 Å². The minimum absolute atomic E-state index is 0.307. The van der Waals surface area contributed by atoms with Gasteiger partial charge in [-0.15, -0.1) is 11.3 Å². The number of carbonyl (C=O) groups is 2. The number of carbonyl (C=O) groups excluding carboxylic acids is 2. The minimum Gasteiger partial charge on any atom is -0.467 e. The molecular weight excluding hydrogens is 338 g/mol. The average molecular weight is 357 g/mol. The predicted octanol–water partition coefficient (Wildman–Crippen LogP) is 2.76. The van der Waals surface area contributed by atoms with Crippen molar-refractivity contribution in [3.63, 3.8) is 0 Å². The van der Waals surface area contributed by atoms with Crippen molar-refractivity contribution in [3.8, 4) is 0 Å². The number of para-hydroxylation sites is 1. The Labute approximate surface area is 149 Å². The number of esters is 1. The molecule has 25 heavy (non-hydrogen) atoms. The van der Waals surface area contributed by atoms with Crippen LogP contribution >= 0.6 is 11.3 Å². The van der Waals surface area contributed by atoms with Gasteiger partial charge in [-0.25, -0.2) is 9.78 Å². The molecule has 6 nitrogen and oxygen atoms in total. The van der Waals surface area contributed by atoms with E-state index in [0.29, 0.717) is 17.0 Å². The lowest BCUT2D eigenvalue weighted by molar-refractivity contribution is -0.142. The van der Waals surface area contributed by atoms with Gasteiger partial charge in [0.1, 0.15) is 10.9 Å². The predicted molar refractivity (Wildman–Crippen MR) is 96.9 cm³/mol. The summed E-state index contributed by atoms with van der Waals surface area (Å²) in [5.41, 5.74) is 2.60. The molecule has 0 fully saturated rings. The van der Waals surface area contributed by atoms with Gasteiger partial charge in [-0.3, -0.25) is 4.79 Å². The van der Waals surface area contributed by atoms with Gasteiger partial charge in [0.2, 0.25) is 0 Å². The SMILES string of the molecule is COC(=O)[C@@H](Cc1c[nH]c2ccccc12)NC(=O)c1sc(C)nc1C. The number of aryl methyl sites for hydroxylation is 2. The Balaban J connectivity index is 1.84. The first-order valence-corrected chi connectivity index (χ1v) is 8.69. The Morgan fingerprint density at radius 3 is 2.76 bits per heavy atom. The van der Waals surface area contributed by atoms with Gasteiger partial charge < -0.3 is 15.0 Å². The van der Waals surface area contributed by atoms with Gasteiger partial charge in [-0.2, -0.15) is 0 Å². The molecule has 1 aromatic carbocycles. The second-order valence-corrected chi connectivity index (χ2v) is 6.96. The topological polar surface area (TPSA) is 84.1 Å². The van der Waals surface area contributed by atoms with Gasteiger partial charge in [0.25, 0.3) is 5.91 Å². The number of nitrogens with one attached hydrogen (secondary N) is 2. The van der Waals surface area contributed by atoms with Gasteiger partial charge in [0, 0.05) is 23.5 Å². The number of fused-ring (bicyclic) bond motifs is 1. The van der Waals surface area contributed by atoms with Crippen LogP contribution in [0, 0.1) is 13.8 Å². The van der Waals surface area contributed by atoms with Gasteiger partial charge in [0.05, 0.1) is 17.8 Å². The molecule has 0 saturated carbocycles. The molecule has 0 unspecified atom stereocenters. The molecule has 0 aliphatic heterocycles. The summed E-state index contributed by atoms with van der Waals surface area (Å²) in [6, 6.07) is 7.06. The molecule has 130 valence electrons. The zero-order valence-electron chi connectivity index (χ0n) is 14.3. The molecule has 0 bridgehead atoms. The summed E-state index contributed by atoms with van der Waals surface area (Å²) >= 11 is 1.31. The van der Waals surface area contributed by atoms with Crippen LogP contribution in [0.25, 0.3) is 10.9 Å². The second kappa shape index (κ2) is 7.06. The Morgan fingerprint density at radius 2 is 2.08 bits per heavy atom. The van der Waals surface area contributed by atoms with E-state index < -0.39 is 12.0 Å². The van der Waals surface area contributed by atoms with Crippen molar-refractivity contribution < 1.29 is 14.3 Å². The lowest BCUT2D eigenvalue weighted by atomic mass is 10.0. The van der Waals surface area contributed by atoms with Crippen LogP contribution in [0.2, 0.25) is 0 Å². The summed E-state index contributed by atoms with van der Waals surface area (Å²) in [6.07, 6.45) is 2.20. The normalized spacial score (nSPS) is 12.1. The van der Waals surface area contributed by atoms with Gasteiger partial charge >= 0.3 is 5.97 Å². The van der Waals surface area contributed by atoms with Crippen molar-refractivity contribution in [2.75, 3.05) is 7.11 Å². The van der Waals surface area contributed by atoms with E-state index in [1.807, 2.05) is 37.4 Å². The van der Waals surface area contributed by atoms with E-state index >= 15 is 0 Å². The highest BCUT2D eigenvalue weighted by atomic mass is 32.1. The number of aromatic nitrogens is 2.